The van der Waals surface area contributed by atoms with Gasteiger partial charge in [-0.05, 0) is 44.0 Å². The van der Waals surface area contributed by atoms with Gasteiger partial charge in [0.2, 0.25) is 0 Å². The van der Waals surface area contributed by atoms with Crippen LogP contribution in [0.3, 0.4) is 0 Å². The molecule has 170 valence electrons. The molecule has 2 N–H and O–H groups in total. The van der Waals surface area contributed by atoms with Gasteiger partial charge in [-0.25, -0.2) is 14.8 Å². The van der Waals surface area contributed by atoms with Crippen LogP contribution in [0.5, 0.6) is 0 Å². The van der Waals surface area contributed by atoms with Gasteiger partial charge in [-0.2, -0.15) is 5.10 Å². The summed E-state index contributed by atoms with van der Waals surface area (Å²) in [4.78, 5) is 22.4. The van der Waals surface area contributed by atoms with Crippen molar-refractivity contribution in [2.45, 2.75) is 20.3 Å². The first-order valence-electron chi connectivity index (χ1n) is 10.8. The van der Waals surface area contributed by atoms with Gasteiger partial charge in [-0.1, -0.05) is 6.08 Å². The molecule has 4 aromatic heterocycles. The minimum absolute atomic E-state index is 0.307. The lowest BCUT2D eigenvalue weighted by atomic mass is 10.1. The zero-order chi connectivity index (χ0) is 22.9. The highest BCUT2D eigenvalue weighted by Gasteiger charge is 2.19. The normalized spacial score (nSPS) is 13.8. The van der Waals surface area contributed by atoms with Crippen molar-refractivity contribution in [3.8, 4) is 11.3 Å². The standard InChI is InChI=1S/C23H25N7O2S/c1-4-32-23(31)20-14(2)8-19(33-20)28-21-22-25-11-18(16-10-26-29(3)12-16)30(22)13-17(27-21)15-6-5-7-24-9-15/h6,8,10-13,24H,4-5,7,9H2,1-3H3,(H,27,28). The molecule has 0 saturated heterocycles. The van der Waals surface area contributed by atoms with E-state index in [0.29, 0.717) is 22.9 Å². The van der Waals surface area contributed by atoms with Gasteiger partial charge in [-0.15, -0.1) is 11.3 Å². The number of ether oxygens (including phenoxy) is 1. The van der Waals surface area contributed by atoms with Crippen molar-refractivity contribution in [1.82, 2.24) is 29.5 Å². The molecule has 0 radical (unpaired) electrons. The Labute approximate surface area is 195 Å². The molecule has 0 saturated carbocycles. The number of hydrogen-bond donors (Lipinski definition) is 2. The summed E-state index contributed by atoms with van der Waals surface area (Å²) in [6, 6.07) is 1.94. The van der Waals surface area contributed by atoms with E-state index in [1.807, 2.05) is 49.2 Å². The predicted molar refractivity (Wildman–Crippen MR) is 129 cm³/mol. The Kier molecular flexibility index (Phi) is 5.69. The van der Waals surface area contributed by atoms with Crippen LogP contribution >= 0.6 is 11.3 Å². The van der Waals surface area contributed by atoms with Gasteiger partial charge in [0.05, 0.1) is 35.4 Å². The third kappa shape index (κ3) is 4.14. The van der Waals surface area contributed by atoms with Crippen LogP contribution in [0, 0.1) is 6.92 Å². The Morgan fingerprint density at radius 3 is 2.94 bits per heavy atom. The number of nitrogens with zero attached hydrogens (tertiary/aromatic N) is 5. The van der Waals surface area contributed by atoms with E-state index < -0.39 is 0 Å². The topological polar surface area (TPSA) is 98.4 Å². The average molecular weight is 464 g/mol. The molecular weight excluding hydrogens is 438 g/mol. The first-order valence-corrected chi connectivity index (χ1v) is 11.7. The second-order valence-corrected chi connectivity index (χ2v) is 8.93. The number of fused-ring (bicyclic) bond motifs is 1. The van der Waals surface area contributed by atoms with E-state index in [-0.39, 0.29) is 5.97 Å². The van der Waals surface area contributed by atoms with Crippen LogP contribution in [0.15, 0.2) is 36.9 Å². The number of thiophene rings is 1. The molecule has 4 aromatic rings. The third-order valence-electron chi connectivity index (χ3n) is 5.47. The van der Waals surface area contributed by atoms with Gasteiger partial charge >= 0.3 is 5.97 Å². The van der Waals surface area contributed by atoms with Crippen molar-refractivity contribution in [1.29, 1.82) is 0 Å². The molecular formula is C23H25N7O2S. The number of esters is 1. The molecule has 0 aromatic carbocycles. The monoisotopic (exact) mass is 463 g/mol. The SMILES string of the molecule is CCOC(=O)c1sc(Nc2nc(C3=CCCNC3)cn3c(-c4cnn(C)c4)cnc23)cc1C. The molecule has 0 atom stereocenters. The Bertz CT molecular complexity index is 1360. The lowest BCUT2D eigenvalue weighted by molar-refractivity contribution is 0.0531. The van der Waals surface area contributed by atoms with Crippen molar-refractivity contribution in [3.63, 3.8) is 0 Å². The number of carbonyl (C=O) groups is 1. The first-order chi connectivity index (χ1) is 16.0. The maximum Gasteiger partial charge on any atom is 0.348 e. The van der Waals surface area contributed by atoms with Gasteiger partial charge in [0.15, 0.2) is 11.5 Å². The van der Waals surface area contributed by atoms with Crippen LogP contribution in [-0.4, -0.2) is 49.8 Å². The van der Waals surface area contributed by atoms with Crippen molar-refractivity contribution >= 4 is 39.3 Å². The van der Waals surface area contributed by atoms with Crippen molar-refractivity contribution in [3.05, 3.63) is 53.1 Å². The average Bonchev–Trinajstić information content (AvgIpc) is 3.52. The zero-order valence-corrected chi connectivity index (χ0v) is 19.6. The molecule has 5 rings (SSSR count). The smallest absolute Gasteiger partial charge is 0.348 e. The Morgan fingerprint density at radius 1 is 1.33 bits per heavy atom. The summed E-state index contributed by atoms with van der Waals surface area (Å²) in [6.07, 6.45) is 10.8. The van der Waals surface area contributed by atoms with Crippen LogP contribution in [0.25, 0.3) is 22.5 Å². The van der Waals surface area contributed by atoms with Gasteiger partial charge in [0, 0.05) is 31.5 Å². The summed E-state index contributed by atoms with van der Waals surface area (Å²) < 4.78 is 9.00. The Morgan fingerprint density at radius 2 is 2.21 bits per heavy atom. The van der Waals surface area contributed by atoms with Crippen LogP contribution < -0.4 is 10.6 Å². The predicted octanol–water partition coefficient (Wildman–Crippen LogP) is 3.80. The number of hydrogen-bond acceptors (Lipinski definition) is 8. The van der Waals surface area contributed by atoms with E-state index >= 15 is 0 Å². The van der Waals surface area contributed by atoms with Crippen LogP contribution in [0.4, 0.5) is 10.8 Å². The molecule has 5 heterocycles. The largest absolute Gasteiger partial charge is 0.462 e. The highest BCUT2D eigenvalue weighted by Crippen LogP contribution is 2.32. The van der Waals surface area contributed by atoms with E-state index in [4.69, 9.17) is 9.72 Å². The van der Waals surface area contributed by atoms with Crippen LogP contribution in [-0.2, 0) is 11.8 Å². The number of rotatable bonds is 6. The molecule has 0 amide bonds. The summed E-state index contributed by atoms with van der Waals surface area (Å²) >= 11 is 1.36. The molecule has 9 nitrogen and oxygen atoms in total. The minimum atomic E-state index is -0.307. The summed E-state index contributed by atoms with van der Waals surface area (Å²) in [5.41, 5.74) is 5.49. The molecule has 1 aliphatic heterocycles. The second-order valence-electron chi connectivity index (χ2n) is 7.88. The minimum Gasteiger partial charge on any atom is -0.462 e. The fraction of sp³-hybridized carbons (Fsp3) is 0.304. The molecule has 10 heteroatoms. The fourth-order valence-corrected chi connectivity index (χ4v) is 4.86. The fourth-order valence-electron chi connectivity index (χ4n) is 3.89. The molecule has 33 heavy (non-hydrogen) atoms. The van der Waals surface area contributed by atoms with E-state index in [0.717, 1.165) is 52.6 Å². The van der Waals surface area contributed by atoms with E-state index in [9.17, 15) is 4.79 Å². The summed E-state index contributed by atoms with van der Waals surface area (Å²) in [6.45, 7) is 5.78. The molecule has 0 aliphatic carbocycles. The quantitative estimate of drug-likeness (QED) is 0.420. The Hall–Kier alpha value is -3.50. The van der Waals surface area contributed by atoms with E-state index in [1.165, 1.54) is 11.3 Å². The third-order valence-corrected chi connectivity index (χ3v) is 6.60. The molecule has 1 aliphatic rings. The van der Waals surface area contributed by atoms with Gasteiger partial charge in [0.25, 0.3) is 0 Å². The van der Waals surface area contributed by atoms with E-state index in [2.05, 4.69) is 26.8 Å². The summed E-state index contributed by atoms with van der Waals surface area (Å²) in [7, 11) is 1.89. The number of aromatic nitrogens is 5. The van der Waals surface area contributed by atoms with Gasteiger partial charge in [-0.3, -0.25) is 9.08 Å². The van der Waals surface area contributed by atoms with Crippen LogP contribution in [0.2, 0.25) is 0 Å². The zero-order valence-electron chi connectivity index (χ0n) is 18.8. The number of imidazole rings is 1. The highest BCUT2D eigenvalue weighted by atomic mass is 32.1. The Balaban J connectivity index is 1.60. The highest BCUT2D eigenvalue weighted by molar-refractivity contribution is 7.18. The summed E-state index contributed by atoms with van der Waals surface area (Å²) in [5, 5.41) is 11.9. The maximum atomic E-state index is 12.3. The number of carbonyl (C=O) groups excluding carboxylic acids is 1. The molecule has 0 unspecified atom stereocenters. The first kappa shape index (κ1) is 21.4. The van der Waals surface area contributed by atoms with Crippen molar-refractivity contribution in [2.24, 2.45) is 7.05 Å². The van der Waals surface area contributed by atoms with Gasteiger partial charge < -0.3 is 15.4 Å². The lowest BCUT2D eigenvalue weighted by Gasteiger charge is -2.16. The van der Waals surface area contributed by atoms with E-state index in [1.54, 1.807) is 11.6 Å². The maximum absolute atomic E-state index is 12.3. The van der Waals surface area contributed by atoms with Crippen molar-refractivity contribution in [2.75, 3.05) is 25.0 Å². The summed E-state index contributed by atoms with van der Waals surface area (Å²) in [5.74, 6) is 0.323. The molecule has 0 bridgehead atoms. The van der Waals surface area contributed by atoms with Crippen molar-refractivity contribution < 1.29 is 9.53 Å². The lowest BCUT2D eigenvalue weighted by Crippen LogP contribution is -2.22. The number of aryl methyl sites for hydroxylation is 2. The van der Waals surface area contributed by atoms with Gasteiger partial charge in [0.1, 0.15) is 4.88 Å². The number of anilines is 2. The molecule has 0 fully saturated rings. The second kappa shape index (κ2) is 8.80. The molecule has 0 spiro atoms. The van der Waals surface area contributed by atoms with Crippen LogP contribution in [0.1, 0.15) is 34.3 Å². The number of nitrogens with one attached hydrogen (secondary N) is 2.